The Bertz CT molecular complexity index is 408. The Balaban J connectivity index is 2.17. The molecule has 2 heterocycles. The monoisotopic (exact) mass is 208 g/mol. The third-order valence-corrected chi connectivity index (χ3v) is 1.99. The van der Waals surface area contributed by atoms with E-state index in [2.05, 4.69) is 25.3 Å². The fourth-order valence-corrected chi connectivity index (χ4v) is 1.23. The Morgan fingerprint density at radius 2 is 2.47 bits per heavy atom. The summed E-state index contributed by atoms with van der Waals surface area (Å²) in [5, 5.41) is 10.1. The molecule has 15 heavy (non-hydrogen) atoms. The van der Waals surface area contributed by atoms with Gasteiger partial charge >= 0.3 is 0 Å². The normalized spacial score (nSPS) is 12.9. The molecule has 0 aromatic carbocycles. The van der Waals surface area contributed by atoms with Gasteiger partial charge in [0.2, 0.25) is 11.7 Å². The predicted molar refractivity (Wildman–Crippen MR) is 51.5 cm³/mol. The fraction of sp³-hybridized carbons (Fsp3) is 0.500. The highest BCUT2D eigenvalue weighted by Gasteiger charge is 2.15. The lowest BCUT2D eigenvalue weighted by atomic mass is 10.2. The minimum Gasteiger partial charge on any atom is -0.337 e. The molecule has 0 saturated carbocycles. The van der Waals surface area contributed by atoms with Crippen molar-refractivity contribution < 1.29 is 4.52 Å². The second kappa shape index (κ2) is 4.18. The standard InChI is InChI=1S/C8H12N6O/c1-2-3-5(9)8-12-7(14-15-8)6-10-4-11-13-6/h4-5H,2-3,9H2,1H3,(H,10,11,13)/t5-/m0/s1. The van der Waals surface area contributed by atoms with Crippen LogP contribution in [0.5, 0.6) is 0 Å². The first kappa shape index (κ1) is 9.78. The predicted octanol–water partition coefficient (Wildman–Crippen LogP) is 0.655. The van der Waals surface area contributed by atoms with Crippen LogP contribution >= 0.6 is 0 Å². The molecule has 0 aliphatic carbocycles. The second-order valence-corrected chi connectivity index (χ2v) is 3.19. The van der Waals surface area contributed by atoms with Crippen LogP contribution in [0.2, 0.25) is 0 Å². The van der Waals surface area contributed by atoms with E-state index < -0.39 is 0 Å². The maximum atomic E-state index is 5.83. The van der Waals surface area contributed by atoms with Crippen molar-refractivity contribution in [3.05, 3.63) is 12.2 Å². The van der Waals surface area contributed by atoms with Crippen LogP contribution in [-0.4, -0.2) is 25.3 Å². The Morgan fingerprint density at radius 1 is 1.60 bits per heavy atom. The van der Waals surface area contributed by atoms with Crippen LogP contribution in [0.3, 0.4) is 0 Å². The van der Waals surface area contributed by atoms with Crippen LogP contribution in [0.1, 0.15) is 31.7 Å². The summed E-state index contributed by atoms with van der Waals surface area (Å²) in [6.07, 6.45) is 3.18. The Hall–Kier alpha value is -1.76. The number of nitrogens with one attached hydrogen (secondary N) is 1. The summed E-state index contributed by atoms with van der Waals surface area (Å²) in [6, 6.07) is -0.209. The molecule has 0 spiro atoms. The lowest BCUT2D eigenvalue weighted by Gasteiger charge is -2.01. The Kier molecular flexibility index (Phi) is 2.72. The van der Waals surface area contributed by atoms with E-state index in [1.165, 1.54) is 6.33 Å². The number of H-pyrrole nitrogens is 1. The van der Waals surface area contributed by atoms with Crippen molar-refractivity contribution in [1.82, 2.24) is 25.3 Å². The number of hydrogen-bond acceptors (Lipinski definition) is 6. The molecule has 0 aliphatic rings. The Labute approximate surface area is 86.1 Å². The average Bonchev–Trinajstić information content (AvgIpc) is 2.89. The molecule has 2 aromatic heterocycles. The van der Waals surface area contributed by atoms with Gasteiger partial charge in [0.25, 0.3) is 0 Å². The van der Waals surface area contributed by atoms with E-state index in [1.807, 2.05) is 6.92 Å². The minimum absolute atomic E-state index is 0.209. The van der Waals surface area contributed by atoms with Gasteiger partial charge in [0, 0.05) is 0 Å². The van der Waals surface area contributed by atoms with Crippen molar-refractivity contribution in [1.29, 1.82) is 0 Å². The highest BCUT2D eigenvalue weighted by molar-refractivity contribution is 5.39. The van der Waals surface area contributed by atoms with E-state index in [0.717, 1.165) is 12.8 Å². The maximum absolute atomic E-state index is 5.83. The van der Waals surface area contributed by atoms with Crippen LogP contribution < -0.4 is 5.73 Å². The number of rotatable bonds is 4. The van der Waals surface area contributed by atoms with Crippen LogP contribution in [0.25, 0.3) is 11.6 Å². The molecule has 0 bridgehead atoms. The fourth-order valence-electron chi connectivity index (χ4n) is 1.23. The molecule has 0 amide bonds. The van der Waals surface area contributed by atoms with Gasteiger partial charge in [-0.1, -0.05) is 18.5 Å². The van der Waals surface area contributed by atoms with Crippen molar-refractivity contribution in [2.45, 2.75) is 25.8 Å². The first-order valence-electron chi connectivity index (χ1n) is 4.76. The van der Waals surface area contributed by atoms with Crippen LogP contribution in [-0.2, 0) is 0 Å². The van der Waals surface area contributed by atoms with Crippen molar-refractivity contribution in [3.63, 3.8) is 0 Å². The van der Waals surface area contributed by atoms with Gasteiger partial charge in [-0.05, 0) is 6.42 Å². The zero-order chi connectivity index (χ0) is 10.7. The van der Waals surface area contributed by atoms with Crippen LogP contribution in [0.4, 0.5) is 0 Å². The quantitative estimate of drug-likeness (QED) is 0.764. The van der Waals surface area contributed by atoms with E-state index in [0.29, 0.717) is 17.5 Å². The molecular formula is C8H12N6O. The first-order chi connectivity index (χ1) is 7.31. The molecule has 0 saturated heterocycles. The lowest BCUT2D eigenvalue weighted by molar-refractivity contribution is 0.348. The highest BCUT2D eigenvalue weighted by atomic mass is 16.5. The average molecular weight is 208 g/mol. The Morgan fingerprint density at radius 3 is 3.13 bits per heavy atom. The summed E-state index contributed by atoms with van der Waals surface area (Å²) in [5.74, 6) is 1.30. The molecule has 0 aliphatic heterocycles. The molecule has 1 atom stereocenters. The summed E-state index contributed by atoms with van der Waals surface area (Å²) in [4.78, 5) is 8.05. The van der Waals surface area contributed by atoms with Crippen molar-refractivity contribution in [2.24, 2.45) is 5.73 Å². The van der Waals surface area contributed by atoms with E-state index in [9.17, 15) is 0 Å². The third kappa shape index (κ3) is 2.01. The first-order valence-corrected chi connectivity index (χ1v) is 4.76. The van der Waals surface area contributed by atoms with E-state index >= 15 is 0 Å². The molecular weight excluding hydrogens is 196 g/mol. The summed E-state index contributed by atoms with van der Waals surface area (Å²) in [5.41, 5.74) is 5.83. The minimum atomic E-state index is -0.209. The number of aromatic amines is 1. The van der Waals surface area contributed by atoms with Crippen LogP contribution in [0, 0.1) is 0 Å². The van der Waals surface area contributed by atoms with E-state index in [4.69, 9.17) is 10.3 Å². The van der Waals surface area contributed by atoms with Gasteiger partial charge < -0.3 is 10.3 Å². The van der Waals surface area contributed by atoms with E-state index in [-0.39, 0.29) is 6.04 Å². The van der Waals surface area contributed by atoms with Gasteiger partial charge in [0.05, 0.1) is 6.04 Å². The van der Waals surface area contributed by atoms with Gasteiger partial charge in [-0.15, -0.1) is 0 Å². The molecule has 0 fully saturated rings. The summed E-state index contributed by atoms with van der Waals surface area (Å²) in [6.45, 7) is 2.05. The van der Waals surface area contributed by atoms with Gasteiger partial charge in [0.15, 0.2) is 5.82 Å². The van der Waals surface area contributed by atoms with Gasteiger partial charge in [-0.2, -0.15) is 10.1 Å². The molecule has 3 N–H and O–H groups in total. The van der Waals surface area contributed by atoms with Crippen molar-refractivity contribution >= 4 is 0 Å². The molecule has 80 valence electrons. The number of aromatic nitrogens is 5. The molecule has 0 unspecified atom stereocenters. The molecule has 2 aromatic rings. The van der Waals surface area contributed by atoms with Gasteiger partial charge in [-0.3, -0.25) is 5.10 Å². The largest absolute Gasteiger partial charge is 0.337 e. The van der Waals surface area contributed by atoms with Crippen LogP contribution in [0.15, 0.2) is 10.9 Å². The summed E-state index contributed by atoms with van der Waals surface area (Å²) < 4.78 is 5.03. The topological polar surface area (TPSA) is 107 Å². The second-order valence-electron chi connectivity index (χ2n) is 3.19. The number of hydrogen-bond donors (Lipinski definition) is 2. The zero-order valence-electron chi connectivity index (χ0n) is 8.34. The molecule has 7 heteroatoms. The van der Waals surface area contributed by atoms with Crippen molar-refractivity contribution in [2.75, 3.05) is 0 Å². The van der Waals surface area contributed by atoms with Crippen molar-refractivity contribution in [3.8, 4) is 11.6 Å². The van der Waals surface area contributed by atoms with Gasteiger partial charge in [-0.25, -0.2) is 4.98 Å². The zero-order valence-corrected chi connectivity index (χ0v) is 8.34. The molecule has 7 nitrogen and oxygen atoms in total. The summed E-state index contributed by atoms with van der Waals surface area (Å²) in [7, 11) is 0. The molecule has 0 radical (unpaired) electrons. The molecule has 2 rings (SSSR count). The lowest BCUT2D eigenvalue weighted by Crippen LogP contribution is -2.09. The maximum Gasteiger partial charge on any atom is 0.243 e. The smallest absolute Gasteiger partial charge is 0.243 e. The highest BCUT2D eigenvalue weighted by Crippen LogP contribution is 2.16. The SMILES string of the molecule is CCC[C@H](N)c1nc(-c2ncn[nH]2)no1. The number of nitrogens with zero attached hydrogens (tertiary/aromatic N) is 4. The van der Waals surface area contributed by atoms with Gasteiger partial charge in [0.1, 0.15) is 6.33 Å². The number of nitrogens with two attached hydrogens (primary N) is 1. The summed E-state index contributed by atoms with van der Waals surface area (Å²) >= 11 is 0. The third-order valence-electron chi connectivity index (χ3n) is 1.99. The van der Waals surface area contributed by atoms with E-state index in [1.54, 1.807) is 0 Å².